The zero-order valence-electron chi connectivity index (χ0n) is 16.0. The number of amides is 2. The van der Waals surface area contributed by atoms with E-state index in [1.807, 2.05) is 44.2 Å². The normalized spacial score (nSPS) is 14.2. The lowest BCUT2D eigenvalue weighted by Gasteiger charge is -2.14. The molecule has 2 aromatic heterocycles. The molecule has 0 aliphatic heterocycles. The van der Waals surface area contributed by atoms with Crippen LogP contribution in [-0.4, -0.2) is 43.5 Å². The van der Waals surface area contributed by atoms with Crippen LogP contribution in [0.25, 0.3) is 10.9 Å². The van der Waals surface area contributed by atoms with E-state index in [2.05, 4.69) is 31.1 Å². The molecule has 3 aromatic rings. The number of aromatic amines is 1. The van der Waals surface area contributed by atoms with Crippen LogP contribution in [-0.2, 0) is 10.8 Å². The van der Waals surface area contributed by atoms with Gasteiger partial charge in [0.25, 0.3) is 0 Å². The number of hydrogen-bond donors (Lipinski definition) is 4. The van der Waals surface area contributed by atoms with E-state index in [4.69, 9.17) is 0 Å². The van der Waals surface area contributed by atoms with Gasteiger partial charge < -0.3 is 10.6 Å². The summed E-state index contributed by atoms with van der Waals surface area (Å²) in [6.07, 6.45) is 3.32. The van der Waals surface area contributed by atoms with Crippen molar-refractivity contribution in [3.8, 4) is 0 Å². The van der Waals surface area contributed by atoms with E-state index in [1.54, 1.807) is 18.5 Å². The fraction of sp³-hybridized carbons (Fsp3) is 0.316. The molecule has 1 aromatic carbocycles. The Morgan fingerprint density at radius 3 is 2.71 bits per heavy atom. The van der Waals surface area contributed by atoms with Crippen molar-refractivity contribution in [3.63, 3.8) is 0 Å². The van der Waals surface area contributed by atoms with Crippen molar-refractivity contribution in [1.29, 1.82) is 0 Å². The largest absolute Gasteiger partial charge is 0.365 e. The Balaban J connectivity index is 1.64. The quantitative estimate of drug-likeness (QED) is 0.487. The number of nitrogens with one attached hydrogen (secondary N) is 4. The maximum atomic E-state index is 12.3. The van der Waals surface area contributed by atoms with Crippen LogP contribution in [0.3, 0.4) is 0 Å². The zero-order valence-corrected chi connectivity index (χ0v) is 16.8. The SMILES string of the molecule is CC(CS(C)=O)Nc1n[nH]c2cc(NC(=O)NC(C)c3ccccc3)ncc12. The Kier molecular flexibility index (Phi) is 6.25. The van der Waals surface area contributed by atoms with E-state index >= 15 is 0 Å². The van der Waals surface area contributed by atoms with Gasteiger partial charge in [0.15, 0.2) is 5.82 Å². The molecule has 2 heterocycles. The summed E-state index contributed by atoms with van der Waals surface area (Å²) >= 11 is 0. The predicted molar refractivity (Wildman–Crippen MR) is 113 cm³/mol. The van der Waals surface area contributed by atoms with Crippen LogP contribution in [0, 0.1) is 0 Å². The molecule has 0 radical (unpaired) electrons. The molecule has 2 amide bonds. The van der Waals surface area contributed by atoms with Crippen LogP contribution in [0.5, 0.6) is 0 Å². The number of benzene rings is 1. The Labute approximate surface area is 166 Å². The molecule has 8 nitrogen and oxygen atoms in total. The van der Waals surface area contributed by atoms with Crippen LogP contribution >= 0.6 is 0 Å². The van der Waals surface area contributed by atoms with Gasteiger partial charge in [0, 0.05) is 41.1 Å². The number of nitrogens with zero attached hydrogens (tertiary/aromatic N) is 2. The highest BCUT2D eigenvalue weighted by Gasteiger charge is 2.13. The molecule has 148 valence electrons. The number of anilines is 2. The van der Waals surface area contributed by atoms with Gasteiger partial charge in [-0.1, -0.05) is 30.3 Å². The molecular formula is C19H24N6O2S. The number of fused-ring (bicyclic) bond motifs is 1. The molecule has 9 heteroatoms. The molecule has 0 saturated carbocycles. The van der Waals surface area contributed by atoms with Crippen molar-refractivity contribution >= 4 is 39.4 Å². The van der Waals surface area contributed by atoms with Crippen molar-refractivity contribution in [2.45, 2.75) is 25.9 Å². The Hall–Kier alpha value is -2.94. The Morgan fingerprint density at radius 2 is 2.00 bits per heavy atom. The third-order valence-corrected chi connectivity index (χ3v) is 5.17. The van der Waals surface area contributed by atoms with Crippen molar-refractivity contribution < 1.29 is 9.00 Å². The summed E-state index contributed by atoms with van der Waals surface area (Å²) in [6, 6.07) is 11.0. The van der Waals surface area contributed by atoms with E-state index in [1.165, 1.54) is 0 Å². The first-order valence-corrected chi connectivity index (χ1v) is 10.7. The second-order valence-corrected chi connectivity index (χ2v) is 8.18. The third kappa shape index (κ3) is 5.07. The summed E-state index contributed by atoms with van der Waals surface area (Å²) in [5.74, 6) is 1.60. The van der Waals surface area contributed by atoms with E-state index in [-0.39, 0.29) is 18.1 Å². The van der Waals surface area contributed by atoms with Gasteiger partial charge in [0.1, 0.15) is 5.82 Å². The highest BCUT2D eigenvalue weighted by Crippen LogP contribution is 2.22. The highest BCUT2D eigenvalue weighted by molar-refractivity contribution is 7.84. The number of urea groups is 1. The van der Waals surface area contributed by atoms with Gasteiger partial charge in [-0.2, -0.15) is 5.10 Å². The lowest BCUT2D eigenvalue weighted by atomic mass is 10.1. The summed E-state index contributed by atoms with van der Waals surface area (Å²) < 4.78 is 11.3. The molecule has 0 saturated heterocycles. The minimum absolute atomic E-state index is 0.0142. The standard InChI is InChI=1S/C19H24N6O2S/c1-12(11-28(3)27)21-18-15-10-20-17(9-16(15)24-25-18)23-19(26)22-13(2)14-7-5-4-6-8-14/h4-10,12-13H,11H2,1-3H3,(H2,21,24,25)(H2,20,22,23,26). The number of hydrogen-bond acceptors (Lipinski definition) is 5. The molecule has 0 aliphatic rings. The number of carbonyl (C=O) groups is 1. The van der Waals surface area contributed by atoms with Gasteiger partial charge in [-0.3, -0.25) is 14.6 Å². The Bertz CT molecular complexity index is 975. The van der Waals surface area contributed by atoms with Crippen molar-refractivity contribution in [1.82, 2.24) is 20.5 Å². The summed E-state index contributed by atoms with van der Waals surface area (Å²) in [4.78, 5) is 16.6. The van der Waals surface area contributed by atoms with Gasteiger partial charge in [0.05, 0.1) is 16.9 Å². The average Bonchev–Trinajstić information content (AvgIpc) is 3.03. The van der Waals surface area contributed by atoms with Crippen LogP contribution < -0.4 is 16.0 Å². The molecule has 0 fully saturated rings. The summed E-state index contributed by atoms with van der Waals surface area (Å²) in [6.45, 7) is 3.87. The summed E-state index contributed by atoms with van der Waals surface area (Å²) in [7, 11) is -0.891. The first-order chi connectivity index (χ1) is 13.4. The molecule has 3 atom stereocenters. The Morgan fingerprint density at radius 1 is 1.25 bits per heavy atom. The third-order valence-electron chi connectivity index (χ3n) is 4.20. The molecule has 28 heavy (non-hydrogen) atoms. The molecule has 3 rings (SSSR count). The number of H-pyrrole nitrogens is 1. The van der Waals surface area contributed by atoms with Crippen LogP contribution in [0.4, 0.5) is 16.4 Å². The smallest absolute Gasteiger partial charge is 0.320 e. The predicted octanol–water partition coefficient (Wildman–Crippen LogP) is 3.02. The monoisotopic (exact) mass is 400 g/mol. The zero-order chi connectivity index (χ0) is 20.1. The molecule has 4 N–H and O–H groups in total. The maximum Gasteiger partial charge on any atom is 0.320 e. The number of carbonyl (C=O) groups excluding carboxylic acids is 1. The van der Waals surface area contributed by atoms with E-state index in [0.717, 1.165) is 16.5 Å². The lowest BCUT2D eigenvalue weighted by Crippen LogP contribution is -2.31. The van der Waals surface area contributed by atoms with Crippen molar-refractivity contribution in [3.05, 3.63) is 48.2 Å². The van der Waals surface area contributed by atoms with Crippen LogP contribution in [0.15, 0.2) is 42.6 Å². The molecular weight excluding hydrogens is 376 g/mol. The first-order valence-electron chi connectivity index (χ1n) is 8.95. The lowest BCUT2D eigenvalue weighted by molar-refractivity contribution is 0.249. The average molecular weight is 401 g/mol. The van der Waals surface area contributed by atoms with E-state index in [0.29, 0.717) is 17.4 Å². The number of aromatic nitrogens is 3. The van der Waals surface area contributed by atoms with Gasteiger partial charge in [0.2, 0.25) is 0 Å². The minimum atomic E-state index is -0.891. The molecule has 0 spiro atoms. The van der Waals surface area contributed by atoms with Gasteiger partial charge >= 0.3 is 6.03 Å². The first kappa shape index (κ1) is 19.8. The fourth-order valence-electron chi connectivity index (χ4n) is 2.89. The van der Waals surface area contributed by atoms with Gasteiger partial charge in [-0.05, 0) is 19.4 Å². The molecule has 0 bridgehead atoms. The maximum absolute atomic E-state index is 12.3. The van der Waals surface area contributed by atoms with E-state index < -0.39 is 10.8 Å². The second kappa shape index (κ2) is 8.83. The molecule has 0 aliphatic carbocycles. The minimum Gasteiger partial charge on any atom is -0.365 e. The second-order valence-electron chi connectivity index (χ2n) is 6.70. The van der Waals surface area contributed by atoms with Gasteiger partial charge in [-0.25, -0.2) is 9.78 Å². The summed E-state index contributed by atoms with van der Waals surface area (Å²) in [5.41, 5.74) is 1.77. The van der Waals surface area contributed by atoms with Crippen LogP contribution in [0.1, 0.15) is 25.5 Å². The highest BCUT2D eigenvalue weighted by atomic mass is 32.2. The molecule has 3 unspecified atom stereocenters. The van der Waals surface area contributed by atoms with E-state index in [9.17, 15) is 9.00 Å². The summed E-state index contributed by atoms with van der Waals surface area (Å²) in [5, 5.41) is 16.8. The fourth-order valence-corrected chi connectivity index (χ4v) is 3.68. The van der Waals surface area contributed by atoms with Crippen LogP contribution in [0.2, 0.25) is 0 Å². The number of pyridine rings is 1. The topological polar surface area (TPSA) is 112 Å². The van der Waals surface area contributed by atoms with Crippen molar-refractivity contribution in [2.75, 3.05) is 22.6 Å². The number of rotatable bonds is 7. The van der Waals surface area contributed by atoms with Crippen molar-refractivity contribution in [2.24, 2.45) is 0 Å². The van der Waals surface area contributed by atoms with Gasteiger partial charge in [-0.15, -0.1) is 0 Å².